The van der Waals surface area contributed by atoms with Crippen molar-refractivity contribution < 1.29 is 0 Å². The van der Waals surface area contributed by atoms with Crippen LogP contribution in [0.4, 0.5) is 0 Å². The molecule has 0 atom stereocenters. The van der Waals surface area contributed by atoms with E-state index in [4.69, 9.17) is 0 Å². The van der Waals surface area contributed by atoms with Gasteiger partial charge in [0.05, 0.1) is 24.0 Å². The van der Waals surface area contributed by atoms with E-state index in [1.165, 1.54) is 11.4 Å². The Morgan fingerprint density at radius 2 is 1.27 bits per heavy atom. The molecule has 4 heteroatoms. The minimum atomic E-state index is 0.791. The zero-order chi connectivity index (χ0) is 11.0. The van der Waals surface area contributed by atoms with Crippen LogP contribution in [0.1, 0.15) is 22.8 Å². The van der Waals surface area contributed by atoms with Crippen molar-refractivity contribution >= 4 is 0 Å². The van der Waals surface area contributed by atoms with E-state index in [9.17, 15) is 0 Å². The Bertz CT molecular complexity index is 434. The molecule has 4 nitrogen and oxygen atoms in total. The van der Waals surface area contributed by atoms with Crippen LogP contribution in [0, 0.1) is 27.7 Å². The molecule has 0 aliphatic heterocycles. The van der Waals surface area contributed by atoms with Gasteiger partial charge in [-0.3, -0.25) is 0 Å². The molecule has 2 heterocycles. The van der Waals surface area contributed by atoms with Crippen LogP contribution in [0.15, 0.2) is 12.7 Å². The first-order chi connectivity index (χ1) is 7.09. The summed E-state index contributed by atoms with van der Waals surface area (Å²) in [7, 11) is 0. The number of hydrogen-bond acceptors (Lipinski definition) is 2. The van der Waals surface area contributed by atoms with E-state index in [-0.39, 0.29) is 0 Å². The maximum Gasteiger partial charge on any atom is 0.101 e. The van der Waals surface area contributed by atoms with E-state index in [2.05, 4.69) is 32.9 Å². The molecule has 0 aromatic carbocycles. The standard InChI is InChI=1S/C11H16N4/c1-8-10(3)14(5-12-8)7-15-6-13-9(2)11(15)4/h5-6H,7H2,1-4H3. The van der Waals surface area contributed by atoms with Crippen molar-refractivity contribution in [2.45, 2.75) is 34.4 Å². The summed E-state index contributed by atoms with van der Waals surface area (Å²) in [6.45, 7) is 9.01. The van der Waals surface area contributed by atoms with E-state index < -0.39 is 0 Å². The van der Waals surface area contributed by atoms with Gasteiger partial charge in [0, 0.05) is 11.4 Å². The Hall–Kier alpha value is -1.58. The van der Waals surface area contributed by atoms with Gasteiger partial charge < -0.3 is 9.13 Å². The summed E-state index contributed by atoms with van der Waals surface area (Å²) >= 11 is 0. The molecule has 0 spiro atoms. The topological polar surface area (TPSA) is 35.6 Å². The normalized spacial score (nSPS) is 10.9. The van der Waals surface area contributed by atoms with Gasteiger partial charge in [0.1, 0.15) is 6.67 Å². The van der Waals surface area contributed by atoms with Crippen LogP contribution in [0.2, 0.25) is 0 Å². The Labute approximate surface area is 89.6 Å². The van der Waals surface area contributed by atoms with Gasteiger partial charge >= 0.3 is 0 Å². The molecule has 0 aliphatic carbocycles. The van der Waals surface area contributed by atoms with Gasteiger partial charge in [-0.25, -0.2) is 9.97 Å². The lowest BCUT2D eigenvalue weighted by Gasteiger charge is -2.08. The molecule has 0 saturated carbocycles. The number of aromatic nitrogens is 4. The van der Waals surface area contributed by atoms with Crippen LogP contribution in [0.5, 0.6) is 0 Å². The van der Waals surface area contributed by atoms with Crippen LogP contribution in [-0.2, 0) is 6.67 Å². The van der Waals surface area contributed by atoms with Gasteiger partial charge in [-0.05, 0) is 27.7 Å². The number of aryl methyl sites for hydroxylation is 2. The molecule has 15 heavy (non-hydrogen) atoms. The lowest BCUT2D eigenvalue weighted by molar-refractivity contribution is 0.582. The molecule has 0 amide bonds. The van der Waals surface area contributed by atoms with Crippen molar-refractivity contribution in [1.82, 2.24) is 19.1 Å². The monoisotopic (exact) mass is 204 g/mol. The number of rotatable bonds is 2. The van der Waals surface area contributed by atoms with Gasteiger partial charge in [-0.2, -0.15) is 0 Å². The second-order valence-corrected chi connectivity index (χ2v) is 3.91. The van der Waals surface area contributed by atoms with Gasteiger partial charge in [-0.1, -0.05) is 0 Å². The van der Waals surface area contributed by atoms with E-state index >= 15 is 0 Å². The summed E-state index contributed by atoms with van der Waals surface area (Å²) in [6.07, 6.45) is 3.75. The predicted molar refractivity (Wildman–Crippen MR) is 58.8 cm³/mol. The van der Waals surface area contributed by atoms with Crippen molar-refractivity contribution in [3.8, 4) is 0 Å². The average Bonchev–Trinajstić information content (AvgIpc) is 2.68. The smallest absolute Gasteiger partial charge is 0.101 e. The zero-order valence-electron chi connectivity index (χ0n) is 9.65. The summed E-state index contributed by atoms with van der Waals surface area (Å²) < 4.78 is 4.26. The minimum Gasteiger partial charge on any atom is -0.316 e. The molecule has 0 saturated heterocycles. The first-order valence-corrected chi connectivity index (χ1v) is 5.06. The molecule has 0 fully saturated rings. The number of imidazole rings is 2. The quantitative estimate of drug-likeness (QED) is 0.748. The SMILES string of the molecule is Cc1ncn(Cn2cnc(C)c2C)c1C. The maximum atomic E-state index is 4.28. The lowest BCUT2D eigenvalue weighted by atomic mass is 10.4. The number of nitrogens with zero attached hydrogens (tertiary/aromatic N) is 4. The van der Waals surface area contributed by atoms with Crippen LogP contribution in [0.3, 0.4) is 0 Å². The third-order valence-electron chi connectivity index (χ3n) is 3.00. The summed E-state index contributed by atoms with van der Waals surface area (Å²) in [5.74, 6) is 0. The van der Waals surface area contributed by atoms with Gasteiger partial charge in [0.25, 0.3) is 0 Å². The van der Waals surface area contributed by atoms with E-state index in [1.54, 1.807) is 0 Å². The van der Waals surface area contributed by atoms with Gasteiger partial charge in [-0.15, -0.1) is 0 Å². The molecular weight excluding hydrogens is 188 g/mol. The Kier molecular flexibility index (Phi) is 2.34. The van der Waals surface area contributed by atoms with E-state index in [1.807, 2.05) is 26.5 Å². The van der Waals surface area contributed by atoms with E-state index in [0.29, 0.717) is 0 Å². The van der Waals surface area contributed by atoms with Crippen LogP contribution < -0.4 is 0 Å². The maximum absolute atomic E-state index is 4.28. The molecule has 0 radical (unpaired) electrons. The second-order valence-electron chi connectivity index (χ2n) is 3.91. The van der Waals surface area contributed by atoms with Crippen LogP contribution in [-0.4, -0.2) is 19.1 Å². The van der Waals surface area contributed by atoms with Crippen molar-refractivity contribution in [2.24, 2.45) is 0 Å². The largest absolute Gasteiger partial charge is 0.316 e. The highest BCUT2D eigenvalue weighted by molar-refractivity contribution is 5.11. The van der Waals surface area contributed by atoms with Crippen molar-refractivity contribution in [3.63, 3.8) is 0 Å². The third-order valence-corrected chi connectivity index (χ3v) is 3.00. The molecule has 2 aromatic rings. The summed E-state index contributed by atoms with van der Waals surface area (Å²) in [5.41, 5.74) is 4.59. The second kappa shape index (κ2) is 3.53. The summed E-state index contributed by atoms with van der Waals surface area (Å²) in [4.78, 5) is 8.56. The Morgan fingerprint density at radius 1 is 0.867 bits per heavy atom. The first kappa shape index (κ1) is 9.96. The van der Waals surface area contributed by atoms with Crippen LogP contribution >= 0.6 is 0 Å². The Morgan fingerprint density at radius 3 is 1.53 bits per heavy atom. The van der Waals surface area contributed by atoms with Crippen molar-refractivity contribution in [1.29, 1.82) is 0 Å². The highest BCUT2D eigenvalue weighted by atomic mass is 15.2. The number of hydrogen-bond donors (Lipinski definition) is 0. The molecule has 2 rings (SSSR count). The third kappa shape index (κ3) is 1.67. The highest BCUT2D eigenvalue weighted by Gasteiger charge is 2.05. The van der Waals surface area contributed by atoms with Gasteiger partial charge in [0.2, 0.25) is 0 Å². The lowest BCUT2D eigenvalue weighted by Crippen LogP contribution is -2.09. The average molecular weight is 204 g/mol. The van der Waals surface area contributed by atoms with Crippen molar-refractivity contribution in [2.75, 3.05) is 0 Å². The fraction of sp³-hybridized carbons (Fsp3) is 0.455. The predicted octanol–water partition coefficient (Wildman–Crippen LogP) is 1.82. The molecule has 80 valence electrons. The highest BCUT2D eigenvalue weighted by Crippen LogP contribution is 2.08. The molecule has 0 N–H and O–H groups in total. The first-order valence-electron chi connectivity index (χ1n) is 5.06. The summed E-state index contributed by atoms with van der Waals surface area (Å²) in [6, 6.07) is 0. The Balaban J connectivity index is 2.29. The molecule has 0 bridgehead atoms. The molecular formula is C11H16N4. The molecule has 2 aromatic heterocycles. The van der Waals surface area contributed by atoms with Crippen molar-refractivity contribution in [3.05, 3.63) is 35.4 Å². The molecule has 0 unspecified atom stereocenters. The summed E-state index contributed by atoms with van der Waals surface area (Å²) in [5, 5.41) is 0. The van der Waals surface area contributed by atoms with Gasteiger partial charge in [0.15, 0.2) is 0 Å². The fourth-order valence-electron chi connectivity index (χ4n) is 1.54. The van der Waals surface area contributed by atoms with E-state index in [0.717, 1.165) is 18.1 Å². The molecule has 0 aliphatic rings. The van der Waals surface area contributed by atoms with Crippen LogP contribution in [0.25, 0.3) is 0 Å². The fourth-order valence-corrected chi connectivity index (χ4v) is 1.54. The zero-order valence-corrected chi connectivity index (χ0v) is 9.65. The minimum absolute atomic E-state index is 0.791.